The van der Waals surface area contributed by atoms with Crippen molar-refractivity contribution in [2.24, 2.45) is 5.92 Å². The third-order valence-electron chi connectivity index (χ3n) is 9.01. The number of hydrogen-bond donors (Lipinski definition) is 0. The minimum Gasteiger partial charge on any atom is -0.500 e. The molecule has 47 heavy (non-hydrogen) atoms. The van der Waals surface area contributed by atoms with Crippen molar-refractivity contribution in [2.45, 2.75) is 51.3 Å². The van der Waals surface area contributed by atoms with Crippen LogP contribution in [0.3, 0.4) is 0 Å². The van der Waals surface area contributed by atoms with Crippen molar-refractivity contribution in [3.8, 4) is 22.5 Å². The number of nitrogens with zero attached hydrogens (tertiary/aromatic N) is 2. The van der Waals surface area contributed by atoms with Crippen molar-refractivity contribution in [1.29, 1.82) is 0 Å². The maximum atomic E-state index is 8.65. The van der Waals surface area contributed by atoms with Gasteiger partial charge in [-0.15, -0.1) is 59.7 Å². The normalized spacial score (nSPS) is 14.2. The summed E-state index contributed by atoms with van der Waals surface area (Å²) in [5.74, 6) is 0.0945. The Bertz CT molecular complexity index is 2160. The predicted molar refractivity (Wildman–Crippen MR) is 189 cm³/mol. The summed E-state index contributed by atoms with van der Waals surface area (Å²) in [5.41, 5.74) is 8.44. The van der Waals surface area contributed by atoms with Crippen LogP contribution in [0, 0.1) is 18.1 Å². The molecule has 3 nitrogen and oxygen atoms in total. The number of benzene rings is 4. The van der Waals surface area contributed by atoms with E-state index in [2.05, 4.69) is 78.4 Å². The van der Waals surface area contributed by atoms with Crippen molar-refractivity contribution in [3.63, 3.8) is 0 Å². The summed E-state index contributed by atoms with van der Waals surface area (Å²) in [7, 11) is 0. The standard InChI is InChI=1S/C23H20NO.C20H18N.Ir/c1-2-6-16(5-1)13-17-11-12-24-21(14-17)18-9-10-23-20(15-18)19-7-3-4-8-22(19)25-23;1-20(2,17-12-7-4-8-13-17)18-14-9-15-21-19(18)16-10-5-3-6-11-16;/h3-4,7-8,10-12,14-16H,1-2,5-6,13H2;3-10,12-15H,1-2H3;/q2*-1;/i13D2;;. The zero-order chi connectivity index (χ0) is 33.1. The number of aromatic nitrogens is 2. The summed E-state index contributed by atoms with van der Waals surface area (Å²) in [5, 5.41) is 2.10. The first kappa shape index (κ1) is 30.0. The van der Waals surface area contributed by atoms with Crippen molar-refractivity contribution in [3.05, 3.63) is 156 Å². The molecule has 1 radical (unpaired) electrons. The molecule has 8 rings (SSSR count). The number of pyridine rings is 2. The van der Waals surface area contributed by atoms with E-state index in [1.165, 1.54) is 11.1 Å². The molecule has 0 unspecified atom stereocenters. The van der Waals surface area contributed by atoms with Gasteiger partial charge in [-0.05, 0) is 47.4 Å². The van der Waals surface area contributed by atoms with E-state index in [4.69, 9.17) is 7.16 Å². The molecule has 3 heterocycles. The summed E-state index contributed by atoms with van der Waals surface area (Å²) in [6, 6.07) is 44.9. The van der Waals surface area contributed by atoms with Gasteiger partial charge in [-0.1, -0.05) is 117 Å². The fraction of sp³-hybridized carbons (Fsp3) is 0.209. The summed E-state index contributed by atoms with van der Waals surface area (Å²) in [6.45, 7) is 4.48. The number of furan rings is 1. The first-order valence-corrected chi connectivity index (χ1v) is 16.1. The van der Waals surface area contributed by atoms with Gasteiger partial charge >= 0.3 is 0 Å². The van der Waals surface area contributed by atoms with Gasteiger partial charge < -0.3 is 14.4 Å². The molecule has 0 atom stereocenters. The number of para-hydroxylation sites is 1. The Balaban J connectivity index is 0.000000172. The Hall–Kier alpha value is -4.37. The van der Waals surface area contributed by atoms with E-state index < -0.39 is 6.37 Å². The zero-order valence-corrected chi connectivity index (χ0v) is 29.1. The van der Waals surface area contributed by atoms with Gasteiger partial charge in [0.15, 0.2) is 0 Å². The maximum Gasteiger partial charge on any atom is 0.120 e. The van der Waals surface area contributed by atoms with Crippen LogP contribution in [-0.2, 0) is 31.9 Å². The van der Waals surface area contributed by atoms with Gasteiger partial charge in [0.25, 0.3) is 0 Å². The molecule has 1 fully saturated rings. The first-order chi connectivity index (χ1) is 23.3. The molecular formula is C43H38IrN2O-2. The predicted octanol–water partition coefficient (Wildman–Crippen LogP) is 11.1. The molecular weight excluding hydrogens is 753 g/mol. The van der Waals surface area contributed by atoms with Gasteiger partial charge in [-0.3, -0.25) is 0 Å². The minimum absolute atomic E-state index is 0. The van der Waals surface area contributed by atoms with E-state index in [1.807, 2.05) is 79.0 Å². The molecule has 0 N–H and O–H groups in total. The molecule has 4 heteroatoms. The molecule has 0 saturated heterocycles. The summed E-state index contributed by atoms with van der Waals surface area (Å²) in [4.78, 5) is 9.10. The van der Waals surface area contributed by atoms with Crippen LogP contribution in [0.15, 0.2) is 132 Å². The molecule has 1 aliphatic carbocycles. The number of hydrogen-bond acceptors (Lipinski definition) is 3. The number of fused-ring (bicyclic) bond motifs is 3. The van der Waals surface area contributed by atoms with Gasteiger partial charge in [0.2, 0.25) is 0 Å². The van der Waals surface area contributed by atoms with Crippen LogP contribution < -0.4 is 0 Å². The van der Waals surface area contributed by atoms with Crippen LogP contribution in [-0.4, -0.2) is 9.97 Å². The fourth-order valence-electron chi connectivity index (χ4n) is 6.47. The Morgan fingerprint density at radius 2 is 1.55 bits per heavy atom. The smallest absolute Gasteiger partial charge is 0.120 e. The second-order valence-electron chi connectivity index (χ2n) is 12.4. The van der Waals surface area contributed by atoms with Gasteiger partial charge in [0, 0.05) is 46.0 Å². The Kier molecular flexibility index (Phi) is 9.31. The molecule has 1 saturated carbocycles. The van der Waals surface area contributed by atoms with Gasteiger partial charge in [-0.2, -0.15) is 0 Å². The Labute approximate surface area is 294 Å². The van der Waals surface area contributed by atoms with E-state index in [9.17, 15) is 0 Å². The molecule has 0 aliphatic heterocycles. The third-order valence-corrected chi connectivity index (χ3v) is 9.01. The largest absolute Gasteiger partial charge is 0.500 e. The van der Waals surface area contributed by atoms with Crippen molar-refractivity contribution < 1.29 is 27.3 Å². The second kappa shape index (κ2) is 14.6. The summed E-state index contributed by atoms with van der Waals surface area (Å²) in [6.07, 6.45) is 6.41. The summed E-state index contributed by atoms with van der Waals surface area (Å²) < 4.78 is 23.2. The fourth-order valence-corrected chi connectivity index (χ4v) is 6.47. The Morgan fingerprint density at radius 3 is 2.36 bits per heavy atom. The van der Waals surface area contributed by atoms with Gasteiger partial charge in [0.05, 0.1) is 5.58 Å². The van der Waals surface area contributed by atoms with Crippen molar-refractivity contribution >= 4 is 21.9 Å². The maximum absolute atomic E-state index is 8.65. The van der Waals surface area contributed by atoms with Crippen LogP contribution in [0.5, 0.6) is 0 Å². The van der Waals surface area contributed by atoms with Crippen LogP contribution in [0.1, 0.15) is 59.0 Å². The topological polar surface area (TPSA) is 38.9 Å². The van der Waals surface area contributed by atoms with E-state index in [0.29, 0.717) is 5.56 Å². The van der Waals surface area contributed by atoms with E-state index in [0.717, 1.165) is 70.1 Å². The third kappa shape index (κ3) is 7.15. The van der Waals surface area contributed by atoms with E-state index in [1.54, 1.807) is 6.20 Å². The molecule has 4 aromatic carbocycles. The molecule has 237 valence electrons. The van der Waals surface area contributed by atoms with Gasteiger partial charge in [0.1, 0.15) is 5.58 Å². The quantitative estimate of drug-likeness (QED) is 0.157. The van der Waals surface area contributed by atoms with Crippen molar-refractivity contribution in [2.75, 3.05) is 0 Å². The SMILES string of the molecule is CC(C)(c1ccccc1)c1cccnc1-c1[c-]cccc1.[2H]C([2H])(c1ccnc(-c2[c-]cc3oc4ccccc4c3c2)c1)C1CCCC1.[Ir]. The van der Waals surface area contributed by atoms with Crippen LogP contribution >= 0.6 is 0 Å². The molecule has 0 bridgehead atoms. The molecule has 7 aromatic rings. The molecule has 1 aliphatic rings. The summed E-state index contributed by atoms with van der Waals surface area (Å²) >= 11 is 0. The minimum atomic E-state index is -1.32. The van der Waals surface area contributed by atoms with E-state index in [-0.39, 0.29) is 31.4 Å². The number of rotatable bonds is 6. The van der Waals surface area contributed by atoms with Crippen LogP contribution in [0.4, 0.5) is 0 Å². The second-order valence-corrected chi connectivity index (χ2v) is 12.4. The average molecular weight is 793 g/mol. The monoisotopic (exact) mass is 793 g/mol. The zero-order valence-electron chi connectivity index (χ0n) is 28.7. The van der Waals surface area contributed by atoms with E-state index >= 15 is 0 Å². The van der Waals surface area contributed by atoms with Gasteiger partial charge in [-0.25, -0.2) is 0 Å². The van der Waals surface area contributed by atoms with Crippen LogP contribution in [0.25, 0.3) is 44.5 Å². The molecule has 3 aromatic heterocycles. The van der Waals surface area contributed by atoms with Crippen molar-refractivity contribution in [1.82, 2.24) is 9.97 Å². The first-order valence-electron chi connectivity index (χ1n) is 17.1. The average Bonchev–Trinajstić information content (AvgIpc) is 3.82. The van der Waals surface area contributed by atoms with Crippen LogP contribution in [0.2, 0.25) is 0 Å². The Morgan fingerprint density at radius 1 is 0.766 bits per heavy atom. The molecule has 0 amide bonds. The molecule has 0 spiro atoms.